The average Bonchev–Trinajstić information content (AvgIpc) is 2.47. The predicted molar refractivity (Wildman–Crippen MR) is 80.0 cm³/mol. The average molecular weight is 292 g/mol. The van der Waals surface area contributed by atoms with Crippen molar-refractivity contribution in [1.29, 1.82) is 0 Å². The Balaban J connectivity index is 2.08. The van der Waals surface area contributed by atoms with Gasteiger partial charge in [0.25, 0.3) is 0 Å². The van der Waals surface area contributed by atoms with E-state index in [1.807, 2.05) is 6.92 Å². The van der Waals surface area contributed by atoms with Gasteiger partial charge in [-0.05, 0) is 49.8 Å². The Bertz CT molecular complexity index is 511. The minimum Gasteiger partial charge on any atom is -0.381 e. The highest BCUT2D eigenvalue weighted by Gasteiger charge is 2.19. The highest BCUT2D eigenvalue weighted by atomic mass is 19.1. The van der Waals surface area contributed by atoms with E-state index in [4.69, 9.17) is 4.74 Å². The van der Waals surface area contributed by atoms with E-state index in [1.165, 1.54) is 12.1 Å². The Morgan fingerprint density at radius 1 is 1.14 bits per heavy atom. The van der Waals surface area contributed by atoms with Crippen LogP contribution in [0.25, 0.3) is 0 Å². The van der Waals surface area contributed by atoms with Gasteiger partial charge >= 0.3 is 0 Å². The molecule has 21 heavy (non-hydrogen) atoms. The molecule has 0 amide bonds. The van der Waals surface area contributed by atoms with E-state index in [1.54, 1.807) is 7.11 Å². The molecule has 0 aromatic heterocycles. The fourth-order valence-corrected chi connectivity index (χ4v) is 2.80. The molecule has 0 heterocycles. The third-order valence-electron chi connectivity index (χ3n) is 4.05. The van der Waals surface area contributed by atoms with Gasteiger partial charge in [-0.15, -0.1) is 0 Å². The van der Waals surface area contributed by atoms with E-state index in [2.05, 4.69) is 11.8 Å². The molecule has 2 rings (SSSR count). The Kier molecular flexibility index (Phi) is 5.76. The molecule has 1 aromatic rings. The van der Waals surface area contributed by atoms with Crippen LogP contribution in [0.15, 0.2) is 12.1 Å². The van der Waals surface area contributed by atoms with Gasteiger partial charge in [0.1, 0.15) is 11.6 Å². The summed E-state index contributed by atoms with van der Waals surface area (Å²) in [6, 6.07) is 2.80. The lowest BCUT2D eigenvalue weighted by atomic mass is 9.87. The molecular formula is C18H22F2O. The maximum Gasteiger partial charge on any atom is 0.142 e. The molecule has 0 saturated heterocycles. The smallest absolute Gasteiger partial charge is 0.142 e. The predicted octanol–water partition coefficient (Wildman–Crippen LogP) is 4.47. The lowest BCUT2D eigenvalue weighted by Crippen LogP contribution is -2.19. The summed E-state index contributed by atoms with van der Waals surface area (Å²) in [5.74, 6) is 4.87. The van der Waals surface area contributed by atoms with Crippen LogP contribution in [0.4, 0.5) is 8.78 Å². The molecule has 1 aromatic carbocycles. The third-order valence-corrected chi connectivity index (χ3v) is 4.05. The first-order chi connectivity index (χ1) is 10.1. The van der Waals surface area contributed by atoms with Crippen molar-refractivity contribution in [2.45, 2.75) is 51.6 Å². The summed E-state index contributed by atoms with van der Waals surface area (Å²) >= 11 is 0. The summed E-state index contributed by atoms with van der Waals surface area (Å²) < 4.78 is 33.2. The molecule has 1 aliphatic rings. The van der Waals surface area contributed by atoms with Gasteiger partial charge < -0.3 is 4.74 Å². The molecule has 1 aliphatic carbocycles. The Morgan fingerprint density at radius 2 is 1.76 bits per heavy atom. The molecule has 114 valence electrons. The molecule has 3 heteroatoms. The van der Waals surface area contributed by atoms with Gasteiger partial charge in [0.05, 0.1) is 11.7 Å². The number of aryl methyl sites for hydroxylation is 1. The molecule has 0 aliphatic heterocycles. The van der Waals surface area contributed by atoms with Crippen molar-refractivity contribution in [3.63, 3.8) is 0 Å². The van der Waals surface area contributed by atoms with Crippen molar-refractivity contribution in [3.05, 3.63) is 34.9 Å². The number of hydrogen-bond donors (Lipinski definition) is 0. The lowest BCUT2D eigenvalue weighted by Gasteiger charge is -2.24. The maximum atomic E-state index is 13.9. The minimum atomic E-state index is -0.545. The molecule has 1 saturated carbocycles. The zero-order valence-electron chi connectivity index (χ0n) is 12.7. The summed E-state index contributed by atoms with van der Waals surface area (Å²) in [4.78, 5) is 0. The molecule has 0 N–H and O–H groups in total. The molecule has 0 spiro atoms. The van der Waals surface area contributed by atoms with E-state index < -0.39 is 11.6 Å². The monoisotopic (exact) mass is 292 g/mol. The van der Waals surface area contributed by atoms with Gasteiger partial charge in [0.15, 0.2) is 0 Å². The number of ether oxygens (including phenoxy) is 1. The van der Waals surface area contributed by atoms with Crippen molar-refractivity contribution in [2.75, 3.05) is 7.11 Å². The SMILES string of the molecule is CCCc1cc(F)c(C#C[C@H]2CC[C@H](OC)CC2)c(F)c1. The van der Waals surface area contributed by atoms with E-state index in [9.17, 15) is 8.78 Å². The first kappa shape index (κ1) is 16.0. The normalized spacial score (nSPS) is 21.7. The van der Waals surface area contributed by atoms with Gasteiger partial charge in [0.2, 0.25) is 0 Å². The van der Waals surface area contributed by atoms with Crippen LogP contribution in [-0.4, -0.2) is 13.2 Å². The molecule has 0 radical (unpaired) electrons. The first-order valence-electron chi connectivity index (χ1n) is 7.66. The largest absolute Gasteiger partial charge is 0.381 e. The van der Waals surface area contributed by atoms with Gasteiger partial charge in [0, 0.05) is 13.0 Å². The number of halogens is 2. The second kappa shape index (κ2) is 7.56. The highest BCUT2D eigenvalue weighted by Crippen LogP contribution is 2.25. The van der Waals surface area contributed by atoms with E-state index in [0.717, 1.165) is 32.1 Å². The van der Waals surface area contributed by atoms with Crippen LogP contribution in [0, 0.1) is 29.4 Å². The van der Waals surface area contributed by atoms with Gasteiger partial charge in [-0.1, -0.05) is 25.2 Å². The van der Waals surface area contributed by atoms with Crippen molar-refractivity contribution in [3.8, 4) is 11.8 Å². The van der Waals surface area contributed by atoms with Crippen LogP contribution in [0.2, 0.25) is 0 Å². The van der Waals surface area contributed by atoms with Crippen LogP contribution in [0.3, 0.4) is 0 Å². The molecule has 0 atom stereocenters. The van der Waals surface area contributed by atoms with Crippen molar-refractivity contribution in [2.24, 2.45) is 5.92 Å². The van der Waals surface area contributed by atoms with Crippen LogP contribution in [0.5, 0.6) is 0 Å². The number of rotatable bonds is 3. The van der Waals surface area contributed by atoms with Crippen LogP contribution in [-0.2, 0) is 11.2 Å². The zero-order valence-corrected chi connectivity index (χ0v) is 12.7. The highest BCUT2D eigenvalue weighted by molar-refractivity contribution is 5.39. The van der Waals surface area contributed by atoms with Crippen LogP contribution in [0.1, 0.15) is 50.2 Å². The topological polar surface area (TPSA) is 9.23 Å². The van der Waals surface area contributed by atoms with Gasteiger partial charge in [-0.25, -0.2) is 8.78 Å². The molecule has 0 unspecified atom stereocenters. The summed E-state index contributed by atoms with van der Waals surface area (Å²) in [6.07, 6.45) is 5.66. The number of hydrogen-bond acceptors (Lipinski definition) is 1. The third kappa shape index (κ3) is 4.28. The van der Waals surface area contributed by atoms with Crippen molar-refractivity contribution >= 4 is 0 Å². The Morgan fingerprint density at radius 3 is 2.29 bits per heavy atom. The lowest BCUT2D eigenvalue weighted by molar-refractivity contribution is 0.0637. The quantitative estimate of drug-likeness (QED) is 0.747. The van der Waals surface area contributed by atoms with Crippen molar-refractivity contribution in [1.82, 2.24) is 0 Å². The maximum absolute atomic E-state index is 13.9. The van der Waals surface area contributed by atoms with E-state index >= 15 is 0 Å². The number of methoxy groups -OCH3 is 1. The molecule has 0 bridgehead atoms. The Hall–Kier alpha value is -1.40. The zero-order chi connectivity index (χ0) is 15.2. The summed E-state index contributed by atoms with van der Waals surface area (Å²) in [5.41, 5.74) is 0.599. The number of benzene rings is 1. The van der Waals surface area contributed by atoms with E-state index in [0.29, 0.717) is 18.1 Å². The summed E-state index contributed by atoms with van der Waals surface area (Å²) in [5, 5.41) is 0. The first-order valence-corrected chi connectivity index (χ1v) is 7.66. The second-order valence-electron chi connectivity index (χ2n) is 5.66. The fourth-order valence-electron chi connectivity index (χ4n) is 2.80. The summed E-state index contributed by atoms with van der Waals surface area (Å²) in [7, 11) is 1.72. The minimum absolute atomic E-state index is 0.0938. The van der Waals surface area contributed by atoms with Crippen molar-refractivity contribution < 1.29 is 13.5 Å². The fraction of sp³-hybridized carbons (Fsp3) is 0.556. The summed E-state index contributed by atoms with van der Waals surface area (Å²) in [6.45, 7) is 1.99. The van der Waals surface area contributed by atoms with Crippen LogP contribution < -0.4 is 0 Å². The standard InChI is InChI=1S/C18H22F2O/c1-3-4-14-11-17(19)16(18(20)12-14)10-7-13-5-8-15(21-2)9-6-13/h11-13,15H,3-6,8-9H2,1-2H3/t13-,15-. The van der Waals surface area contributed by atoms with Gasteiger partial charge in [-0.2, -0.15) is 0 Å². The Labute approximate surface area is 125 Å². The van der Waals surface area contributed by atoms with Gasteiger partial charge in [-0.3, -0.25) is 0 Å². The second-order valence-corrected chi connectivity index (χ2v) is 5.66. The molecule has 1 fully saturated rings. The molecule has 1 nitrogen and oxygen atoms in total. The molecular weight excluding hydrogens is 270 g/mol. The van der Waals surface area contributed by atoms with E-state index in [-0.39, 0.29) is 11.5 Å². The van der Waals surface area contributed by atoms with Crippen LogP contribution >= 0.6 is 0 Å².